The molecule has 25 heavy (non-hydrogen) atoms. The van der Waals surface area contributed by atoms with Crippen molar-refractivity contribution in [3.05, 3.63) is 65.7 Å². The summed E-state index contributed by atoms with van der Waals surface area (Å²) in [6.07, 6.45) is 0. The highest BCUT2D eigenvalue weighted by Gasteiger charge is 2.27. The molecule has 1 aliphatic rings. The van der Waals surface area contributed by atoms with Gasteiger partial charge in [0.05, 0.1) is 13.2 Å². The van der Waals surface area contributed by atoms with Crippen molar-refractivity contribution in [2.75, 3.05) is 33.3 Å². The zero-order valence-electron chi connectivity index (χ0n) is 14.3. The second-order valence-corrected chi connectivity index (χ2v) is 6.00. The third-order valence-corrected chi connectivity index (χ3v) is 4.52. The number of carbonyl (C=O) groups is 1. The average molecular weight is 335 g/mol. The fraction of sp³-hybridized carbons (Fsp3) is 0.300. The van der Waals surface area contributed by atoms with Crippen molar-refractivity contribution in [1.82, 2.24) is 9.80 Å². The van der Waals surface area contributed by atoms with E-state index in [1.54, 1.807) is 7.11 Å². The van der Waals surface area contributed by atoms with Gasteiger partial charge in [-0.05, 0) is 29.8 Å². The highest BCUT2D eigenvalue weighted by Crippen LogP contribution is 2.25. The number of hydrogen-bond donors (Lipinski definition) is 0. The molecule has 2 aromatic carbocycles. The van der Waals surface area contributed by atoms with E-state index in [2.05, 4.69) is 11.0 Å². The number of nitriles is 1. The van der Waals surface area contributed by atoms with Crippen LogP contribution in [-0.2, 0) is 0 Å². The minimum atomic E-state index is -0.330. The van der Waals surface area contributed by atoms with Gasteiger partial charge in [-0.3, -0.25) is 9.69 Å². The Labute approximate surface area is 148 Å². The Balaban J connectivity index is 1.66. The first-order valence-corrected chi connectivity index (χ1v) is 8.35. The SMILES string of the molecule is COc1cccc(C(C#N)N2CCN(C(=O)c3ccccc3)CC2)c1. The number of piperazine rings is 1. The molecule has 1 aliphatic heterocycles. The number of rotatable bonds is 4. The first-order valence-electron chi connectivity index (χ1n) is 8.35. The van der Waals surface area contributed by atoms with Crippen molar-refractivity contribution in [1.29, 1.82) is 5.26 Å². The van der Waals surface area contributed by atoms with Crippen LogP contribution in [0, 0.1) is 11.3 Å². The van der Waals surface area contributed by atoms with Crippen LogP contribution < -0.4 is 4.74 Å². The summed E-state index contributed by atoms with van der Waals surface area (Å²) in [6.45, 7) is 2.59. The maximum Gasteiger partial charge on any atom is 0.253 e. The highest BCUT2D eigenvalue weighted by atomic mass is 16.5. The number of methoxy groups -OCH3 is 1. The molecule has 0 N–H and O–H groups in total. The van der Waals surface area contributed by atoms with E-state index in [0.29, 0.717) is 31.7 Å². The summed E-state index contributed by atoms with van der Waals surface area (Å²) in [4.78, 5) is 16.5. The van der Waals surface area contributed by atoms with Gasteiger partial charge in [0.1, 0.15) is 11.8 Å². The van der Waals surface area contributed by atoms with Crippen LogP contribution in [0.5, 0.6) is 5.75 Å². The Bertz CT molecular complexity index is 762. The first-order chi connectivity index (χ1) is 12.2. The van der Waals surface area contributed by atoms with E-state index in [9.17, 15) is 10.1 Å². The van der Waals surface area contributed by atoms with Crippen molar-refractivity contribution in [3.63, 3.8) is 0 Å². The standard InChI is InChI=1S/C20H21N3O2/c1-25-18-9-5-8-17(14-18)19(15-21)22-10-12-23(13-11-22)20(24)16-6-3-2-4-7-16/h2-9,14,19H,10-13H2,1H3. The highest BCUT2D eigenvalue weighted by molar-refractivity contribution is 5.94. The van der Waals surface area contributed by atoms with Crippen LogP contribution in [0.15, 0.2) is 54.6 Å². The number of ether oxygens (including phenoxy) is 1. The van der Waals surface area contributed by atoms with Crippen LogP contribution in [0.4, 0.5) is 0 Å². The first kappa shape index (κ1) is 17.0. The van der Waals surface area contributed by atoms with Crippen molar-refractivity contribution >= 4 is 5.91 Å². The molecule has 3 rings (SSSR count). The van der Waals surface area contributed by atoms with Gasteiger partial charge >= 0.3 is 0 Å². The largest absolute Gasteiger partial charge is 0.497 e. The summed E-state index contributed by atoms with van der Waals surface area (Å²) in [5, 5.41) is 9.64. The van der Waals surface area contributed by atoms with E-state index in [1.807, 2.05) is 59.5 Å². The molecule has 2 aromatic rings. The molecule has 5 nitrogen and oxygen atoms in total. The van der Waals surface area contributed by atoms with Crippen molar-refractivity contribution in [2.24, 2.45) is 0 Å². The van der Waals surface area contributed by atoms with E-state index >= 15 is 0 Å². The molecule has 1 heterocycles. The molecule has 1 fully saturated rings. The molecule has 0 bridgehead atoms. The lowest BCUT2D eigenvalue weighted by Gasteiger charge is -2.37. The molecule has 0 spiro atoms. The van der Waals surface area contributed by atoms with Crippen LogP contribution in [0.3, 0.4) is 0 Å². The van der Waals surface area contributed by atoms with Gasteiger partial charge in [-0.25, -0.2) is 0 Å². The number of amides is 1. The van der Waals surface area contributed by atoms with Crippen LogP contribution in [0.25, 0.3) is 0 Å². The van der Waals surface area contributed by atoms with E-state index < -0.39 is 0 Å². The summed E-state index contributed by atoms with van der Waals surface area (Å²) in [5.41, 5.74) is 1.63. The summed E-state index contributed by atoms with van der Waals surface area (Å²) in [7, 11) is 1.62. The minimum absolute atomic E-state index is 0.0511. The summed E-state index contributed by atoms with van der Waals surface area (Å²) in [6, 6.07) is 19.0. The minimum Gasteiger partial charge on any atom is -0.497 e. The lowest BCUT2D eigenvalue weighted by Crippen LogP contribution is -2.49. The molecule has 1 atom stereocenters. The smallest absolute Gasteiger partial charge is 0.253 e. The summed E-state index contributed by atoms with van der Waals surface area (Å²) >= 11 is 0. The normalized spacial score (nSPS) is 16.1. The van der Waals surface area contributed by atoms with Crippen molar-refractivity contribution < 1.29 is 9.53 Å². The molecule has 0 saturated carbocycles. The number of nitrogens with zero attached hydrogens (tertiary/aromatic N) is 3. The van der Waals surface area contributed by atoms with Crippen LogP contribution in [-0.4, -0.2) is 49.0 Å². The zero-order chi connectivity index (χ0) is 17.6. The molecule has 0 aromatic heterocycles. The maximum absolute atomic E-state index is 12.5. The fourth-order valence-electron chi connectivity index (χ4n) is 3.13. The van der Waals surface area contributed by atoms with Gasteiger partial charge in [-0.1, -0.05) is 30.3 Å². The summed E-state index contributed by atoms with van der Waals surface area (Å²) in [5.74, 6) is 0.797. The Morgan fingerprint density at radius 1 is 1.08 bits per heavy atom. The van der Waals surface area contributed by atoms with E-state index in [4.69, 9.17) is 4.74 Å². The molecule has 1 unspecified atom stereocenters. The number of carbonyl (C=O) groups excluding carboxylic acids is 1. The van der Waals surface area contributed by atoms with Crippen LogP contribution in [0.1, 0.15) is 22.0 Å². The van der Waals surface area contributed by atoms with Crippen molar-refractivity contribution in [3.8, 4) is 11.8 Å². The van der Waals surface area contributed by atoms with E-state index in [0.717, 1.165) is 11.3 Å². The molecule has 0 aliphatic carbocycles. The molecule has 1 saturated heterocycles. The lowest BCUT2D eigenvalue weighted by atomic mass is 10.0. The fourth-order valence-corrected chi connectivity index (χ4v) is 3.13. The van der Waals surface area contributed by atoms with Crippen LogP contribution in [0.2, 0.25) is 0 Å². The second kappa shape index (κ2) is 7.82. The maximum atomic E-state index is 12.5. The Morgan fingerprint density at radius 2 is 1.80 bits per heavy atom. The quantitative estimate of drug-likeness (QED) is 0.862. The molecular weight excluding hydrogens is 314 g/mol. The summed E-state index contributed by atoms with van der Waals surface area (Å²) < 4.78 is 5.25. The van der Waals surface area contributed by atoms with Gasteiger partial charge in [-0.2, -0.15) is 5.26 Å². The monoisotopic (exact) mass is 335 g/mol. The third kappa shape index (κ3) is 3.81. The zero-order valence-corrected chi connectivity index (χ0v) is 14.3. The molecule has 128 valence electrons. The molecule has 0 radical (unpaired) electrons. The van der Waals surface area contributed by atoms with Gasteiger partial charge in [0, 0.05) is 31.7 Å². The Kier molecular flexibility index (Phi) is 5.32. The molecule has 1 amide bonds. The van der Waals surface area contributed by atoms with Gasteiger partial charge < -0.3 is 9.64 Å². The molecule has 5 heteroatoms. The molecular formula is C20H21N3O2. The van der Waals surface area contributed by atoms with Crippen molar-refractivity contribution in [2.45, 2.75) is 6.04 Å². The second-order valence-electron chi connectivity index (χ2n) is 6.00. The lowest BCUT2D eigenvalue weighted by molar-refractivity contribution is 0.0606. The van der Waals surface area contributed by atoms with Gasteiger partial charge in [0.2, 0.25) is 0 Å². The average Bonchev–Trinajstić information content (AvgIpc) is 2.69. The number of hydrogen-bond acceptors (Lipinski definition) is 4. The van der Waals surface area contributed by atoms with E-state index in [1.165, 1.54) is 0 Å². The predicted octanol–water partition coefficient (Wildman–Crippen LogP) is 2.72. The predicted molar refractivity (Wildman–Crippen MR) is 95.3 cm³/mol. The third-order valence-electron chi connectivity index (χ3n) is 4.52. The van der Waals surface area contributed by atoms with Crippen LogP contribution >= 0.6 is 0 Å². The van der Waals surface area contributed by atoms with Gasteiger partial charge in [0.15, 0.2) is 0 Å². The Hall–Kier alpha value is -2.84. The van der Waals surface area contributed by atoms with E-state index in [-0.39, 0.29) is 11.9 Å². The van der Waals surface area contributed by atoms with Gasteiger partial charge in [-0.15, -0.1) is 0 Å². The Morgan fingerprint density at radius 3 is 2.44 bits per heavy atom. The van der Waals surface area contributed by atoms with Gasteiger partial charge in [0.25, 0.3) is 5.91 Å². The number of benzene rings is 2. The topological polar surface area (TPSA) is 56.6 Å².